The number of hydrogen-bond acceptors (Lipinski definition) is 7. The van der Waals surface area contributed by atoms with Gasteiger partial charge in [-0.3, -0.25) is 9.78 Å². The maximum Gasteiger partial charge on any atom is 0.433 e. The molecular weight excluding hydrogens is 477 g/mol. The van der Waals surface area contributed by atoms with Crippen LogP contribution in [-0.2, 0) is 12.6 Å². The highest BCUT2D eigenvalue weighted by molar-refractivity contribution is 5.90. The van der Waals surface area contributed by atoms with Crippen molar-refractivity contribution in [1.82, 2.24) is 39.7 Å². The van der Waals surface area contributed by atoms with Crippen LogP contribution in [0.5, 0.6) is 0 Å². The molecular formula is C23H17F3N8O2. The predicted octanol–water partition coefficient (Wildman–Crippen LogP) is 3.62. The molecule has 0 spiro atoms. The molecule has 10 nitrogen and oxygen atoms in total. The number of aryl methyl sites for hydroxylation is 1. The molecule has 1 amide bonds. The van der Waals surface area contributed by atoms with E-state index in [1.807, 2.05) is 0 Å². The minimum atomic E-state index is -4.60. The number of carbonyl (C=O) groups excluding carboxylic acids is 1. The van der Waals surface area contributed by atoms with Gasteiger partial charge in [0.1, 0.15) is 11.7 Å². The molecule has 1 aliphatic heterocycles. The second-order valence-electron chi connectivity index (χ2n) is 8.28. The number of carbonyl (C=O) groups is 1. The lowest BCUT2D eigenvalue weighted by molar-refractivity contribution is -0.142. The van der Waals surface area contributed by atoms with Crippen molar-refractivity contribution in [1.29, 1.82) is 0 Å². The summed E-state index contributed by atoms with van der Waals surface area (Å²) in [6, 6.07) is 7.91. The van der Waals surface area contributed by atoms with Crippen LogP contribution in [0, 0.1) is 6.92 Å². The van der Waals surface area contributed by atoms with Crippen LogP contribution in [0.4, 0.5) is 13.2 Å². The Balaban J connectivity index is 1.42. The van der Waals surface area contributed by atoms with Crippen molar-refractivity contribution in [3.63, 3.8) is 0 Å². The van der Waals surface area contributed by atoms with Crippen molar-refractivity contribution >= 4 is 11.4 Å². The molecule has 0 saturated carbocycles. The zero-order valence-corrected chi connectivity index (χ0v) is 18.7. The van der Waals surface area contributed by atoms with Crippen molar-refractivity contribution in [2.75, 3.05) is 6.54 Å². The number of nitrogens with one attached hydrogen (secondary N) is 1. The molecule has 5 aromatic rings. The van der Waals surface area contributed by atoms with Crippen molar-refractivity contribution < 1.29 is 22.4 Å². The lowest BCUT2D eigenvalue weighted by Gasteiger charge is -2.32. The zero-order valence-electron chi connectivity index (χ0n) is 18.7. The fraction of sp³-hybridized carbons (Fsp3) is 0.217. The number of alkyl halides is 3. The standard InChI is InChI=1S/C23H17F3N8O2/c1-12-14(5-3-8-27-12)20-30-31-21(36-20)22(35)33-9-7-15-18(29-11-28-15)19(33)16-10-13-4-2-6-17(23(24,25)26)34(13)32-16/h2-6,8,10-11,19H,7,9H2,1H3,(H,28,29). The molecule has 0 aliphatic carbocycles. The quantitative estimate of drug-likeness (QED) is 0.407. The van der Waals surface area contributed by atoms with E-state index < -0.39 is 23.8 Å². The third kappa shape index (κ3) is 3.51. The number of rotatable bonds is 3. The van der Waals surface area contributed by atoms with Gasteiger partial charge in [-0.15, -0.1) is 10.2 Å². The van der Waals surface area contributed by atoms with Gasteiger partial charge in [0.05, 0.1) is 28.8 Å². The number of amides is 1. The second kappa shape index (κ2) is 8.00. The highest BCUT2D eigenvalue weighted by atomic mass is 19.4. The molecule has 0 aromatic carbocycles. The number of hydrogen-bond donors (Lipinski definition) is 1. The molecule has 0 radical (unpaired) electrons. The first-order valence-corrected chi connectivity index (χ1v) is 11.0. The minimum Gasteiger partial charge on any atom is -0.412 e. The normalized spacial score (nSPS) is 15.9. The number of fused-ring (bicyclic) bond motifs is 2. The fourth-order valence-electron chi connectivity index (χ4n) is 4.43. The second-order valence-corrected chi connectivity index (χ2v) is 8.28. The fourth-order valence-corrected chi connectivity index (χ4v) is 4.43. The van der Waals surface area contributed by atoms with Crippen LogP contribution in [-0.4, -0.2) is 52.1 Å². The number of nitrogens with zero attached hydrogens (tertiary/aromatic N) is 7. The Morgan fingerprint density at radius 3 is 2.83 bits per heavy atom. The third-order valence-electron chi connectivity index (χ3n) is 6.11. The van der Waals surface area contributed by atoms with Crippen LogP contribution >= 0.6 is 0 Å². The lowest BCUT2D eigenvalue weighted by atomic mass is 9.99. The van der Waals surface area contributed by atoms with Gasteiger partial charge in [-0.2, -0.15) is 18.3 Å². The van der Waals surface area contributed by atoms with Crippen molar-refractivity contribution in [3.8, 4) is 11.5 Å². The maximum absolute atomic E-state index is 13.6. The summed E-state index contributed by atoms with van der Waals surface area (Å²) in [6.07, 6.45) is -1.03. The van der Waals surface area contributed by atoms with Crippen LogP contribution in [0.1, 0.15) is 45.2 Å². The molecule has 182 valence electrons. The Hall–Kier alpha value is -4.55. The topological polar surface area (TPSA) is 118 Å². The zero-order chi connectivity index (χ0) is 25.0. The first-order valence-electron chi connectivity index (χ1n) is 11.0. The molecule has 6 heterocycles. The van der Waals surface area contributed by atoms with Gasteiger partial charge < -0.3 is 14.3 Å². The van der Waals surface area contributed by atoms with Crippen LogP contribution < -0.4 is 0 Å². The highest BCUT2D eigenvalue weighted by Crippen LogP contribution is 2.36. The number of imidazole rings is 1. The minimum absolute atomic E-state index is 0.139. The summed E-state index contributed by atoms with van der Waals surface area (Å²) in [4.78, 5) is 26.6. The van der Waals surface area contributed by atoms with E-state index in [0.29, 0.717) is 23.4 Å². The van der Waals surface area contributed by atoms with Crippen LogP contribution in [0.2, 0.25) is 0 Å². The van der Waals surface area contributed by atoms with Gasteiger partial charge in [0.2, 0.25) is 5.89 Å². The molecule has 6 rings (SSSR count). The van der Waals surface area contributed by atoms with Crippen molar-refractivity contribution in [2.24, 2.45) is 0 Å². The van der Waals surface area contributed by atoms with E-state index in [1.165, 1.54) is 29.4 Å². The first-order chi connectivity index (χ1) is 17.3. The van der Waals surface area contributed by atoms with Gasteiger partial charge in [-0.25, -0.2) is 9.50 Å². The van der Waals surface area contributed by atoms with E-state index in [-0.39, 0.29) is 29.5 Å². The van der Waals surface area contributed by atoms with Gasteiger partial charge >= 0.3 is 18.0 Å². The molecule has 0 fully saturated rings. The van der Waals surface area contributed by atoms with Gasteiger partial charge in [0.15, 0.2) is 0 Å². The Labute approximate surface area is 200 Å². The van der Waals surface area contributed by atoms with Crippen LogP contribution in [0.15, 0.2) is 53.3 Å². The summed E-state index contributed by atoms with van der Waals surface area (Å²) in [5.41, 5.74) is 2.06. The average molecular weight is 494 g/mol. The lowest BCUT2D eigenvalue weighted by Crippen LogP contribution is -2.41. The Morgan fingerprint density at radius 1 is 1.17 bits per heavy atom. The van der Waals surface area contributed by atoms with Crippen molar-refractivity contribution in [2.45, 2.75) is 25.6 Å². The maximum atomic E-state index is 13.6. The van der Waals surface area contributed by atoms with Crippen molar-refractivity contribution in [3.05, 3.63) is 83.3 Å². The number of aromatic nitrogens is 7. The number of pyridine rings is 2. The molecule has 1 unspecified atom stereocenters. The molecule has 13 heteroatoms. The number of aromatic amines is 1. The summed E-state index contributed by atoms with van der Waals surface area (Å²) in [5.74, 6) is -0.695. The Morgan fingerprint density at radius 2 is 2.03 bits per heavy atom. The summed E-state index contributed by atoms with van der Waals surface area (Å²) in [6.45, 7) is 2.02. The largest absolute Gasteiger partial charge is 0.433 e. The average Bonchev–Trinajstić information content (AvgIpc) is 3.61. The third-order valence-corrected chi connectivity index (χ3v) is 6.11. The van der Waals surface area contributed by atoms with Gasteiger partial charge in [0, 0.05) is 30.6 Å². The number of halogens is 3. The Bertz CT molecular complexity index is 1600. The van der Waals surface area contributed by atoms with E-state index in [2.05, 4.69) is 30.2 Å². The molecule has 36 heavy (non-hydrogen) atoms. The molecule has 5 aromatic heterocycles. The first kappa shape index (κ1) is 21.9. The predicted molar refractivity (Wildman–Crippen MR) is 118 cm³/mol. The van der Waals surface area contributed by atoms with Crippen LogP contribution in [0.3, 0.4) is 0 Å². The molecule has 1 aliphatic rings. The van der Waals surface area contributed by atoms with Gasteiger partial charge in [-0.1, -0.05) is 6.07 Å². The molecule has 0 bridgehead atoms. The smallest absolute Gasteiger partial charge is 0.412 e. The van der Waals surface area contributed by atoms with E-state index in [0.717, 1.165) is 16.3 Å². The monoisotopic (exact) mass is 494 g/mol. The summed E-state index contributed by atoms with van der Waals surface area (Å²) in [5, 5.41) is 12.2. The molecule has 1 N–H and O–H groups in total. The van der Waals surface area contributed by atoms with Gasteiger partial charge in [-0.05, 0) is 37.3 Å². The Kier molecular flexibility index (Phi) is 4.88. The molecule has 1 atom stereocenters. The van der Waals surface area contributed by atoms with E-state index in [1.54, 1.807) is 25.3 Å². The summed E-state index contributed by atoms with van der Waals surface area (Å²) < 4.78 is 47.3. The SMILES string of the molecule is Cc1ncccc1-c1nnc(C(=O)N2CCc3[nH]cnc3C2c2cc3cccc(C(F)(F)F)n3n2)o1. The van der Waals surface area contributed by atoms with E-state index >= 15 is 0 Å². The highest BCUT2D eigenvalue weighted by Gasteiger charge is 2.39. The van der Waals surface area contributed by atoms with E-state index in [9.17, 15) is 18.0 Å². The number of H-pyrrole nitrogens is 1. The van der Waals surface area contributed by atoms with Gasteiger partial charge in [0.25, 0.3) is 0 Å². The summed E-state index contributed by atoms with van der Waals surface area (Å²) >= 11 is 0. The van der Waals surface area contributed by atoms with E-state index in [4.69, 9.17) is 4.42 Å². The van der Waals surface area contributed by atoms with Crippen LogP contribution in [0.25, 0.3) is 17.0 Å². The molecule has 0 saturated heterocycles. The summed E-state index contributed by atoms with van der Waals surface area (Å²) in [7, 11) is 0.